The minimum absolute atomic E-state index is 0.157. The number of likely N-dealkylation sites (tertiary alicyclic amines) is 1. The molecule has 0 unspecified atom stereocenters. The van der Waals surface area contributed by atoms with Gasteiger partial charge in [-0.3, -0.25) is 19.3 Å². The fourth-order valence-electron chi connectivity index (χ4n) is 5.50. The fraction of sp³-hybridized carbons (Fsp3) is 0.476. The van der Waals surface area contributed by atoms with Crippen LogP contribution in [0.4, 0.5) is 5.69 Å². The maximum Gasteiger partial charge on any atom is 0.247 e. The monoisotopic (exact) mass is 462 g/mol. The Morgan fingerprint density at radius 1 is 1.18 bits per heavy atom. The normalized spacial score (nSPS) is 35.6. The van der Waals surface area contributed by atoms with E-state index in [-0.39, 0.29) is 41.4 Å². The number of hydrogen-bond donors (Lipinski definition) is 1. The number of imide groups is 1. The molecule has 7 heteroatoms. The van der Waals surface area contributed by atoms with Gasteiger partial charge in [0, 0.05) is 10.2 Å². The van der Waals surface area contributed by atoms with E-state index in [1.165, 1.54) is 4.90 Å². The van der Waals surface area contributed by atoms with Gasteiger partial charge in [-0.25, -0.2) is 0 Å². The maximum atomic E-state index is 13.1. The van der Waals surface area contributed by atoms with Crippen molar-refractivity contribution in [3.8, 4) is 0 Å². The van der Waals surface area contributed by atoms with Crippen molar-refractivity contribution in [2.24, 2.45) is 35.5 Å². The third-order valence-electron chi connectivity index (χ3n) is 7.06. The van der Waals surface area contributed by atoms with E-state index < -0.39 is 6.04 Å². The minimum Gasteiger partial charge on any atom is -0.324 e. The van der Waals surface area contributed by atoms with Gasteiger partial charge in [0.15, 0.2) is 0 Å². The highest BCUT2D eigenvalue weighted by atomic mass is 79.9. The van der Waals surface area contributed by atoms with Crippen molar-refractivity contribution < 1.29 is 14.4 Å². The zero-order valence-corrected chi connectivity index (χ0v) is 17.8. The number of rotatable bonds is 3. The SMILES string of the molecule is Cc1c(NC(=O)[C@@H](C)N2C(=O)[C@@H]3[C@@H]4C=C[C@H]([C@H]5C[C@H]45)[C@@H]3C2=O)ccc(Br)c1Cl. The summed E-state index contributed by atoms with van der Waals surface area (Å²) in [6, 6.07) is 2.65. The first-order valence-corrected chi connectivity index (χ1v) is 10.8. The molecule has 146 valence electrons. The van der Waals surface area contributed by atoms with Crippen molar-refractivity contribution >= 4 is 50.9 Å². The molecule has 5 aliphatic rings. The number of nitrogens with one attached hydrogen (secondary N) is 1. The molecule has 1 heterocycles. The van der Waals surface area contributed by atoms with Gasteiger partial charge >= 0.3 is 0 Å². The first-order chi connectivity index (χ1) is 13.3. The number of allylic oxidation sites excluding steroid dienone is 2. The lowest BCUT2D eigenvalue weighted by atomic mass is 9.63. The average Bonchev–Trinajstić information content (AvgIpc) is 3.45. The van der Waals surface area contributed by atoms with Gasteiger partial charge in [0.05, 0.1) is 16.9 Å². The third kappa shape index (κ3) is 2.40. The van der Waals surface area contributed by atoms with Crippen molar-refractivity contribution in [1.82, 2.24) is 4.90 Å². The zero-order chi connectivity index (χ0) is 19.9. The molecule has 7 atom stereocenters. The summed E-state index contributed by atoms with van der Waals surface area (Å²) in [6.45, 7) is 3.43. The molecule has 2 bridgehead atoms. The predicted molar refractivity (Wildman–Crippen MR) is 109 cm³/mol. The summed E-state index contributed by atoms with van der Waals surface area (Å²) in [5, 5.41) is 3.35. The van der Waals surface area contributed by atoms with Crippen LogP contribution < -0.4 is 5.32 Å². The number of halogens is 2. The Morgan fingerprint density at radius 3 is 2.32 bits per heavy atom. The van der Waals surface area contributed by atoms with Crippen LogP contribution in [-0.2, 0) is 14.4 Å². The van der Waals surface area contributed by atoms with Crippen LogP contribution in [0.15, 0.2) is 28.8 Å². The smallest absolute Gasteiger partial charge is 0.247 e. The van der Waals surface area contributed by atoms with Gasteiger partial charge in [0.1, 0.15) is 6.04 Å². The molecular weight excluding hydrogens is 444 g/mol. The number of anilines is 1. The van der Waals surface area contributed by atoms with E-state index in [9.17, 15) is 14.4 Å². The molecule has 1 aliphatic heterocycles. The molecule has 1 aromatic rings. The fourth-order valence-corrected chi connectivity index (χ4v) is 6.10. The van der Waals surface area contributed by atoms with Crippen LogP contribution in [0.2, 0.25) is 5.02 Å². The Bertz CT molecular complexity index is 925. The number of carbonyl (C=O) groups is 3. The lowest BCUT2D eigenvalue weighted by Crippen LogP contribution is -2.46. The molecule has 1 saturated heterocycles. The zero-order valence-electron chi connectivity index (χ0n) is 15.5. The predicted octanol–water partition coefficient (Wildman–Crippen LogP) is 3.79. The van der Waals surface area contributed by atoms with Crippen LogP contribution >= 0.6 is 27.5 Å². The van der Waals surface area contributed by atoms with Gasteiger partial charge in [-0.2, -0.15) is 0 Å². The molecule has 0 radical (unpaired) electrons. The average molecular weight is 464 g/mol. The number of hydrogen-bond acceptors (Lipinski definition) is 3. The van der Waals surface area contributed by atoms with Gasteiger partial charge in [0.2, 0.25) is 17.7 Å². The number of benzene rings is 1. The van der Waals surface area contributed by atoms with E-state index in [2.05, 4.69) is 33.4 Å². The van der Waals surface area contributed by atoms with E-state index >= 15 is 0 Å². The van der Waals surface area contributed by atoms with E-state index in [1.54, 1.807) is 19.1 Å². The number of nitrogens with zero attached hydrogens (tertiary/aromatic N) is 1. The highest BCUT2D eigenvalue weighted by Crippen LogP contribution is 2.65. The summed E-state index contributed by atoms with van der Waals surface area (Å²) >= 11 is 9.59. The van der Waals surface area contributed by atoms with E-state index in [0.717, 1.165) is 16.5 Å². The number of amides is 3. The van der Waals surface area contributed by atoms with Gasteiger partial charge in [-0.1, -0.05) is 23.8 Å². The van der Waals surface area contributed by atoms with Crippen LogP contribution in [0.1, 0.15) is 18.9 Å². The molecule has 0 aromatic heterocycles. The molecule has 0 spiro atoms. The van der Waals surface area contributed by atoms with Crippen LogP contribution in [0.3, 0.4) is 0 Å². The lowest BCUT2D eigenvalue weighted by molar-refractivity contribution is -0.146. The summed E-state index contributed by atoms with van der Waals surface area (Å²) in [7, 11) is 0. The summed E-state index contributed by atoms with van der Waals surface area (Å²) in [6.07, 6.45) is 5.38. The topological polar surface area (TPSA) is 66.5 Å². The molecule has 4 aliphatic carbocycles. The molecule has 28 heavy (non-hydrogen) atoms. The standard InChI is InChI=1S/C21H20BrClN2O3/c1-8-15(6-5-14(22)18(8)23)24-19(26)9(2)25-20(27)16-10-3-4-11(13-7-12(10)13)17(16)21(25)28/h3-6,9-13,16-17H,7H2,1-2H3,(H,24,26)/t9-,10-,11-,12-,13-,16-,17+/m1/s1. The summed E-state index contributed by atoms with van der Waals surface area (Å²) in [4.78, 5) is 40.3. The second-order valence-electron chi connectivity index (χ2n) is 8.40. The molecule has 1 N–H and O–H groups in total. The Balaban J connectivity index is 1.38. The van der Waals surface area contributed by atoms with Crippen LogP contribution in [0.25, 0.3) is 0 Å². The molecule has 3 amide bonds. The van der Waals surface area contributed by atoms with Crippen LogP contribution in [-0.4, -0.2) is 28.7 Å². The van der Waals surface area contributed by atoms with Crippen molar-refractivity contribution in [2.75, 3.05) is 5.32 Å². The first kappa shape index (κ1) is 18.4. The van der Waals surface area contributed by atoms with E-state index in [4.69, 9.17) is 11.6 Å². The molecule has 2 saturated carbocycles. The highest BCUT2D eigenvalue weighted by Gasteiger charge is 2.67. The van der Waals surface area contributed by atoms with Crippen molar-refractivity contribution in [1.29, 1.82) is 0 Å². The summed E-state index contributed by atoms with van der Waals surface area (Å²) in [5.74, 6) is 0.0756. The largest absolute Gasteiger partial charge is 0.324 e. The van der Waals surface area contributed by atoms with Crippen LogP contribution in [0, 0.1) is 42.4 Å². The Labute approximate surface area is 176 Å². The van der Waals surface area contributed by atoms with Crippen molar-refractivity contribution in [3.63, 3.8) is 0 Å². The lowest BCUT2D eigenvalue weighted by Gasteiger charge is -2.37. The third-order valence-corrected chi connectivity index (χ3v) is 8.44. The van der Waals surface area contributed by atoms with E-state index in [0.29, 0.717) is 22.5 Å². The maximum absolute atomic E-state index is 13.1. The van der Waals surface area contributed by atoms with E-state index in [1.807, 2.05) is 6.92 Å². The molecule has 1 aromatic carbocycles. The Morgan fingerprint density at radius 2 is 1.75 bits per heavy atom. The second-order valence-corrected chi connectivity index (χ2v) is 9.63. The van der Waals surface area contributed by atoms with Gasteiger partial charge < -0.3 is 5.32 Å². The molecular formula is C21H20BrClN2O3. The molecule has 5 nitrogen and oxygen atoms in total. The molecule has 6 rings (SSSR count). The van der Waals surface area contributed by atoms with Gasteiger partial charge in [-0.05, 0) is 77.6 Å². The first-order valence-electron chi connectivity index (χ1n) is 9.62. The van der Waals surface area contributed by atoms with Gasteiger partial charge in [-0.15, -0.1) is 0 Å². The minimum atomic E-state index is -0.858. The van der Waals surface area contributed by atoms with Crippen molar-refractivity contribution in [3.05, 3.63) is 39.3 Å². The van der Waals surface area contributed by atoms with Crippen LogP contribution in [0.5, 0.6) is 0 Å². The Kier molecular flexibility index (Phi) is 4.05. The Hall–Kier alpha value is -1.66. The van der Waals surface area contributed by atoms with Gasteiger partial charge in [0.25, 0.3) is 0 Å². The summed E-state index contributed by atoms with van der Waals surface area (Å²) < 4.78 is 0.744. The highest BCUT2D eigenvalue weighted by molar-refractivity contribution is 9.10. The van der Waals surface area contributed by atoms with Crippen molar-refractivity contribution in [2.45, 2.75) is 26.3 Å². The summed E-state index contributed by atoms with van der Waals surface area (Å²) in [5.41, 5.74) is 1.30. The number of carbonyl (C=O) groups excluding carboxylic acids is 3. The molecule has 3 fully saturated rings. The quantitative estimate of drug-likeness (QED) is 0.548. The second kappa shape index (κ2) is 6.17.